The van der Waals surface area contributed by atoms with Crippen LogP contribution in [0.4, 0.5) is 0 Å². The number of benzene rings is 1. The molecule has 0 spiro atoms. The van der Waals surface area contributed by atoms with Crippen LogP contribution in [0.25, 0.3) is 0 Å². The first-order valence-corrected chi connectivity index (χ1v) is 6.72. The smallest absolute Gasteiger partial charge is 0.498 e. The van der Waals surface area contributed by atoms with E-state index in [1.165, 1.54) is 12.0 Å². The van der Waals surface area contributed by atoms with E-state index in [1.54, 1.807) is 31.3 Å². The van der Waals surface area contributed by atoms with Crippen LogP contribution in [0.3, 0.4) is 0 Å². The van der Waals surface area contributed by atoms with Gasteiger partial charge in [0.05, 0.1) is 26.5 Å². The van der Waals surface area contributed by atoms with Crippen LogP contribution < -0.4 is 4.74 Å². The van der Waals surface area contributed by atoms with Crippen LogP contribution in [0.1, 0.15) is 10.4 Å². The van der Waals surface area contributed by atoms with Gasteiger partial charge in [-0.05, 0) is 19.2 Å². The van der Waals surface area contributed by atoms with Crippen LogP contribution in [0.15, 0.2) is 24.3 Å². The number of methoxy groups -OCH3 is 1. The zero-order valence-electron chi connectivity index (χ0n) is 12.4. The number of nitrogens with zero attached hydrogens (tertiary/aromatic N) is 1. The van der Waals surface area contributed by atoms with E-state index in [9.17, 15) is 14.4 Å². The van der Waals surface area contributed by atoms with Crippen molar-refractivity contribution in [3.05, 3.63) is 29.8 Å². The van der Waals surface area contributed by atoms with Gasteiger partial charge in [-0.25, -0.2) is 0 Å². The Morgan fingerprint density at radius 3 is 2.50 bits per heavy atom. The minimum Gasteiger partial charge on any atom is -0.498 e. The molecule has 116 valence electrons. The highest BCUT2D eigenvalue weighted by Crippen LogP contribution is 2.16. The Morgan fingerprint density at radius 1 is 1.27 bits per heavy atom. The predicted molar refractivity (Wildman–Crippen MR) is 77.6 cm³/mol. The minimum atomic E-state index is -1.20. The average Bonchev–Trinajstić information content (AvgIpc) is 2.45. The molecule has 1 aromatic carbocycles. The fourth-order valence-electron chi connectivity index (χ4n) is 2.04. The van der Waals surface area contributed by atoms with Crippen LogP contribution >= 0.6 is 0 Å². The monoisotopic (exact) mass is 305 g/mol. The first-order chi connectivity index (χ1) is 10.5. The summed E-state index contributed by atoms with van der Waals surface area (Å²) >= 11 is 0. The van der Waals surface area contributed by atoms with Gasteiger partial charge in [-0.1, -0.05) is 12.1 Å². The fraction of sp³-hybridized carbons (Fsp3) is 0.357. The van der Waals surface area contributed by atoms with Gasteiger partial charge in [0.1, 0.15) is 5.75 Å². The summed E-state index contributed by atoms with van der Waals surface area (Å²) in [7, 11) is 1.90. The molecule has 0 saturated carbocycles. The lowest BCUT2D eigenvalue weighted by atomic mass is 9.80. The van der Waals surface area contributed by atoms with Crippen LogP contribution in [0.2, 0.25) is 6.32 Å². The molecule has 0 amide bonds. The molecule has 0 radical (unpaired) electrons. The van der Waals surface area contributed by atoms with E-state index in [4.69, 9.17) is 14.0 Å². The van der Waals surface area contributed by atoms with Gasteiger partial charge in [0.2, 0.25) is 0 Å². The Bertz CT molecular complexity index is 570. The number of Topliss-reactive ketones (excluding diaryl/α,β-unsaturated/α-hetero) is 1. The molecular formula is C14H16BNO6. The lowest BCUT2D eigenvalue weighted by Gasteiger charge is -2.22. The van der Waals surface area contributed by atoms with E-state index in [0.29, 0.717) is 11.3 Å². The summed E-state index contributed by atoms with van der Waals surface area (Å²) in [4.78, 5) is 36.9. The van der Waals surface area contributed by atoms with Gasteiger partial charge < -0.3 is 14.0 Å². The van der Waals surface area contributed by atoms with Crippen molar-refractivity contribution in [3.63, 3.8) is 0 Å². The Morgan fingerprint density at radius 2 is 1.91 bits per heavy atom. The Balaban J connectivity index is 2.05. The Labute approximate surface area is 128 Å². The summed E-state index contributed by atoms with van der Waals surface area (Å²) in [6, 6.07) is 6.58. The fourth-order valence-corrected chi connectivity index (χ4v) is 2.04. The maximum absolute atomic E-state index is 12.2. The quantitative estimate of drug-likeness (QED) is 0.588. The third-order valence-corrected chi connectivity index (χ3v) is 3.07. The number of carbonyl (C=O) groups excluding carboxylic acids is 3. The molecule has 1 aromatic rings. The molecule has 1 saturated heterocycles. The number of rotatable bonds is 4. The Hall–Kier alpha value is -2.35. The highest BCUT2D eigenvalue weighted by Gasteiger charge is 2.34. The summed E-state index contributed by atoms with van der Waals surface area (Å²) in [6.45, 7) is -0.0576. The third-order valence-electron chi connectivity index (χ3n) is 3.07. The molecule has 7 nitrogen and oxygen atoms in total. The average molecular weight is 305 g/mol. The van der Waals surface area contributed by atoms with Crippen molar-refractivity contribution in [2.24, 2.45) is 0 Å². The maximum Gasteiger partial charge on any atom is 0.606 e. The molecular weight excluding hydrogens is 289 g/mol. The molecule has 0 aromatic heterocycles. The van der Waals surface area contributed by atoms with E-state index in [0.717, 1.165) is 0 Å². The van der Waals surface area contributed by atoms with Crippen molar-refractivity contribution in [2.45, 2.75) is 6.32 Å². The summed E-state index contributed by atoms with van der Waals surface area (Å²) in [5.74, 6) is -0.852. The summed E-state index contributed by atoms with van der Waals surface area (Å²) in [5, 5.41) is 0. The topological polar surface area (TPSA) is 82.1 Å². The van der Waals surface area contributed by atoms with Crippen LogP contribution in [-0.4, -0.2) is 57.0 Å². The van der Waals surface area contributed by atoms with Crippen molar-refractivity contribution < 1.29 is 28.4 Å². The number of carbonyl (C=O) groups is 3. The zero-order chi connectivity index (χ0) is 16.1. The first-order valence-electron chi connectivity index (χ1n) is 6.72. The van der Waals surface area contributed by atoms with Gasteiger partial charge in [-0.2, -0.15) is 0 Å². The molecule has 1 aliphatic heterocycles. The second-order valence-electron chi connectivity index (χ2n) is 4.94. The second-order valence-corrected chi connectivity index (χ2v) is 4.94. The molecule has 1 aliphatic rings. The number of ketones is 1. The molecule has 0 aliphatic carbocycles. The molecule has 0 unspecified atom stereocenters. The number of ether oxygens (including phenoxy) is 1. The van der Waals surface area contributed by atoms with Crippen molar-refractivity contribution in [3.8, 4) is 5.75 Å². The van der Waals surface area contributed by atoms with Crippen molar-refractivity contribution in [1.82, 2.24) is 4.90 Å². The van der Waals surface area contributed by atoms with E-state index in [2.05, 4.69) is 0 Å². The third kappa shape index (κ3) is 4.32. The summed E-state index contributed by atoms with van der Waals surface area (Å²) in [6.07, 6.45) is -0.228. The van der Waals surface area contributed by atoms with Gasteiger partial charge in [-0.3, -0.25) is 19.3 Å². The SMILES string of the molecule is COc1cccc(C(=O)CB2OC(=O)CN(C)CC(=O)O2)c1. The normalized spacial score (nSPS) is 16.4. The molecule has 2 rings (SSSR count). The highest BCUT2D eigenvalue weighted by atomic mass is 16.6. The van der Waals surface area contributed by atoms with Gasteiger partial charge in [0.25, 0.3) is 0 Å². The molecule has 8 heteroatoms. The van der Waals surface area contributed by atoms with Crippen LogP contribution in [0.5, 0.6) is 5.75 Å². The highest BCUT2D eigenvalue weighted by molar-refractivity contribution is 6.54. The van der Waals surface area contributed by atoms with E-state index >= 15 is 0 Å². The molecule has 1 fully saturated rings. The number of hydrogen-bond acceptors (Lipinski definition) is 7. The van der Waals surface area contributed by atoms with Gasteiger partial charge in [0, 0.05) is 5.56 Å². The first kappa shape index (κ1) is 16.0. The standard InChI is InChI=1S/C14H16BNO6/c1-16-8-13(18)21-15(22-14(19)9-16)7-12(17)10-4-3-5-11(6-10)20-2/h3-6H,7-9H2,1-2H3. The minimum absolute atomic E-state index is 0.0288. The Kier molecular flexibility index (Phi) is 5.16. The maximum atomic E-state index is 12.2. The van der Waals surface area contributed by atoms with Crippen molar-refractivity contribution >= 4 is 24.8 Å². The van der Waals surface area contributed by atoms with Gasteiger partial charge in [0.15, 0.2) is 5.78 Å². The number of hydrogen-bond donors (Lipinski definition) is 0. The van der Waals surface area contributed by atoms with Gasteiger partial charge >= 0.3 is 19.1 Å². The van der Waals surface area contributed by atoms with Crippen LogP contribution in [0, 0.1) is 0 Å². The molecule has 0 atom stereocenters. The summed E-state index contributed by atoms with van der Waals surface area (Å²) in [5.41, 5.74) is 0.394. The number of likely N-dealkylation sites (N-methyl/N-ethyl adjacent to an activating group) is 1. The van der Waals surface area contributed by atoms with Gasteiger partial charge in [-0.15, -0.1) is 0 Å². The molecule has 1 heterocycles. The lowest BCUT2D eigenvalue weighted by molar-refractivity contribution is -0.145. The molecule has 22 heavy (non-hydrogen) atoms. The summed E-state index contributed by atoms with van der Waals surface area (Å²) < 4.78 is 15.1. The van der Waals surface area contributed by atoms with Crippen molar-refractivity contribution in [2.75, 3.05) is 27.2 Å². The molecule has 0 N–H and O–H groups in total. The second kappa shape index (κ2) is 7.08. The predicted octanol–water partition coefficient (Wildman–Crippen LogP) is 0.398. The van der Waals surface area contributed by atoms with Crippen LogP contribution in [-0.2, 0) is 18.9 Å². The largest absolute Gasteiger partial charge is 0.606 e. The zero-order valence-corrected chi connectivity index (χ0v) is 12.4. The van der Waals surface area contributed by atoms with E-state index in [-0.39, 0.29) is 25.2 Å². The van der Waals surface area contributed by atoms with E-state index in [1.807, 2.05) is 0 Å². The lowest BCUT2D eigenvalue weighted by Crippen LogP contribution is -2.43. The van der Waals surface area contributed by atoms with Crippen molar-refractivity contribution in [1.29, 1.82) is 0 Å². The molecule has 0 bridgehead atoms. The van der Waals surface area contributed by atoms with E-state index < -0.39 is 19.1 Å².